The van der Waals surface area contributed by atoms with Crippen LogP contribution in [0.4, 0.5) is 0 Å². The number of rotatable bonds is 6. The predicted molar refractivity (Wildman–Crippen MR) is 130 cm³/mol. The first-order valence-corrected chi connectivity index (χ1v) is 14.1. The zero-order chi connectivity index (χ0) is 25.7. The second kappa shape index (κ2) is 11.4. The molecule has 2 unspecified atom stereocenters. The monoisotopic (exact) mass is 519 g/mol. The highest BCUT2D eigenvalue weighted by Crippen LogP contribution is 2.21. The van der Waals surface area contributed by atoms with E-state index in [-0.39, 0.29) is 42.3 Å². The fourth-order valence-electron chi connectivity index (χ4n) is 4.94. The number of piperazine rings is 1. The maximum Gasteiger partial charge on any atom is 0.245 e. The van der Waals surface area contributed by atoms with Crippen LogP contribution in [0.1, 0.15) is 25.7 Å². The Labute approximate surface area is 210 Å². The van der Waals surface area contributed by atoms with Crippen LogP contribution in [0.3, 0.4) is 0 Å². The predicted octanol–water partition coefficient (Wildman–Crippen LogP) is -1.11. The molecule has 0 aromatic heterocycles. The molecular weight excluding hydrogens is 486 g/mol. The fourth-order valence-corrected chi connectivity index (χ4v) is 6.19. The van der Waals surface area contributed by atoms with Crippen LogP contribution in [0.5, 0.6) is 0 Å². The molecule has 4 amide bonds. The SMILES string of the molecule is O=C1NCCCC1NC(=O)C1CN(C(=O)CS(=O)(=O)c2ccccc2)CCN1C(=O)C1CCNCC1. The van der Waals surface area contributed by atoms with Gasteiger partial charge < -0.3 is 25.8 Å². The lowest BCUT2D eigenvalue weighted by atomic mass is 9.95. The molecule has 1 aromatic rings. The van der Waals surface area contributed by atoms with Crippen LogP contribution in [-0.2, 0) is 29.0 Å². The summed E-state index contributed by atoms with van der Waals surface area (Å²) in [6.07, 6.45) is 2.53. The van der Waals surface area contributed by atoms with Crippen LogP contribution in [0.15, 0.2) is 35.2 Å². The smallest absolute Gasteiger partial charge is 0.245 e. The van der Waals surface area contributed by atoms with E-state index in [4.69, 9.17) is 0 Å². The second-order valence-electron chi connectivity index (χ2n) is 9.48. The van der Waals surface area contributed by atoms with E-state index in [0.717, 1.165) is 6.42 Å². The summed E-state index contributed by atoms with van der Waals surface area (Å²) in [6.45, 7) is 2.10. The highest BCUT2D eigenvalue weighted by Gasteiger charge is 2.41. The van der Waals surface area contributed by atoms with E-state index in [2.05, 4.69) is 16.0 Å². The molecular formula is C24H33N5O6S. The number of amides is 4. The van der Waals surface area contributed by atoms with Gasteiger partial charge in [0.1, 0.15) is 17.8 Å². The molecule has 0 radical (unpaired) electrons. The van der Waals surface area contributed by atoms with Crippen molar-refractivity contribution in [2.24, 2.45) is 5.92 Å². The van der Waals surface area contributed by atoms with Gasteiger partial charge >= 0.3 is 0 Å². The fraction of sp³-hybridized carbons (Fsp3) is 0.583. The van der Waals surface area contributed by atoms with Gasteiger partial charge in [-0.2, -0.15) is 0 Å². The summed E-state index contributed by atoms with van der Waals surface area (Å²) in [7, 11) is -3.86. The van der Waals surface area contributed by atoms with Gasteiger partial charge in [0, 0.05) is 25.6 Å². The summed E-state index contributed by atoms with van der Waals surface area (Å²) in [4.78, 5) is 54.8. The lowest BCUT2D eigenvalue weighted by molar-refractivity contribution is -0.151. The minimum Gasteiger partial charge on any atom is -0.354 e. The average Bonchev–Trinajstić information content (AvgIpc) is 2.90. The molecule has 3 N–H and O–H groups in total. The van der Waals surface area contributed by atoms with Crippen molar-refractivity contribution < 1.29 is 27.6 Å². The first kappa shape index (κ1) is 26.1. The first-order chi connectivity index (χ1) is 17.3. The van der Waals surface area contributed by atoms with E-state index in [1.54, 1.807) is 18.2 Å². The number of nitrogens with one attached hydrogen (secondary N) is 3. The van der Waals surface area contributed by atoms with Gasteiger partial charge in [0.05, 0.1) is 11.4 Å². The molecule has 11 nitrogen and oxygen atoms in total. The van der Waals surface area contributed by atoms with E-state index in [9.17, 15) is 27.6 Å². The maximum atomic E-state index is 13.4. The van der Waals surface area contributed by atoms with Crippen LogP contribution in [0, 0.1) is 5.92 Å². The Kier molecular flexibility index (Phi) is 8.24. The summed E-state index contributed by atoms with van der Waals surface area (Å²) in [5.74, 6) is -2.50. The average molecular weight is 520 g/mol. The number of carbonyl (C=O) groups is 4. The number of nitrogens with zero attached hydrogens (tertiary/aromatic N) is 2. The third kappa shape index (κ3) is 6.04. The maximum absolute atomic E-state index is 13.4. The minimum absolute atomic E-state index is 0.0516. The number of hydrogen-bond acceptors (Lipinski definition) is 7. The summed E-state index contributed by atoms with van der Waals surface area (Å²) >= 11 is 0. The zero-order valence-electron chi connectivity index (χ0n) is 20.1. The summed E-state index contributed by atoms with van der Waals surface area (Å²) in [6, 6.07) is 6.03. The molecule has 2 atom stereocenters. The largest absolute Gasteiger partial charge is 0.354 e. The Morgan fingerprint density at radius 3 is 2.42 bits per heavy atom. The molecule has 36 heavy (non-hydrogen) atoms. The highest BCUT2D eigenvalue weighted by molar-refractivity contribution is 7.92. The Balaban J connectivity index is 1.49. The number of carbonyl (C=O) groups excluding carboxylic acids is 4. The van der Waals surface area contributed by atoms with Gasteiger partial charge in [-0.15, -0.1) is 0 Å². The van der Waals surface area contributed by atoms with Crippen LogP contribution >= 0.6 is 0 Å². The summed E-state index contributed by atoms with van der Waals surface area (Å²) in [5, 5.41) is 8.69. The lowest BCUT2D eigenvalue weighted by Crippen LogP contribution is -2.64. The molecule has 1 aromatic carbocycles. The number of sulfone groups is 1. The molecule has 12 heteroatoms. The molecule has 3 heterocycles. The van der Waals surface area contributed by atoms with Crippen molar-refractivity contribution in [3.63, 3.8) is 0 Å². The van der Waals surface area contributed by atoms with Gasteiger partial charge in [0.2, 0.25) is 23.6 Å². The van der Waals surface area contributed by atoms with E-state index in [1.165, 1.54) is 21.9 Å². The molecule has 3 aliphatic heterocycles. The molecule has 4 rings (SSSR count). The topological polar surface area (TPSA) is 145 Å². The minimum atomic E-state index is -3.86. The number of hydrogen-bond donors (Lipinski definition) is 3. The Morgan fingerprint density at radius 2 is 1.72 bits per heavy atom. The van der Waals surface area contributed by atoms with E-state index in [1.807, 2.05) is 0 Å². The van der Waals surface area contributed by atoms with E-state index < -0.39 is 39.5 Å². The summed E-state index contributed by atoms with van der Waals surface area (Å²) in [5.41, 5.74) is 0. The third-order valence-corrected chi connectivity index (χ3v) is 8.64. The van der Waals surface area contributed by atoms with E-state index >= 15 is 0 Å². The molecule has 0 bridgehead atoms. The van der Waals surface area contributed by atoms with Crippen molar-refractivity contribution in [1.82, 2.24) is 25.8 Å². The van der Waals surface area contributed by atoms with Crippen molar-refractivity contribution in [2.75, 3.05) is 45.0 Å². The van der Waals surface area contributed by atoms with E-state index in [0.29, 0.717) is 38.9 Å². The third-order valence-electron chi connectivity index (χ3n) is 7.02. The molecule has 0 spiro atoms. The van der Waals surface area contributed by atoms with Gasteiger partial charge in [0.25, 0.3) is 0 Å². The molecule has 196 valence electrons. The zero-order valence-corrected chi connectivity index (χ0v) is 21.0. The van der Waals surface area contributed by atoms with Crippen molar-refractivity contribution >= 4 is 33.5 Å². The molecule has 3 aliphatic rings. The van der Waals surface area contributed by atoms with Gasteiger partial charge in [-0.3, -0.25) is 19.2 Å². The number of piperidine rings is 2. The van der Waals surface area contributed by atoms with Gasteiger partial charge in [-0.1, -0.05) is 18.2 Å². The summed E-state index contributed by atoms with van der Waals surface area (Å²) < 4.78 is 25.5. The standard InChI is InChI=1S/C24H33N5O6S/c30-21(16-36(34,35)18-5-2-1-3-6-18)28-13-14-29(24(33)17-8-11-25-12-9-17)20(15-28)23(32)27-19-7-4-10-26-22(19)31/h1-3,5-6,17,19-20,25H,4,7-16H2,(H,26,31)(H,27,32). The molecule has 3 saturated heterocycles. The molecule has 0 saturated carbocycles. The van der Waals surface area contributed by atoms with Crippen LogP contribution in [0.25, 0.3) is 0 Å². The Bertz CT molecular complexity index is 1090. The van der Waals surface area contributed by atoms with Gasteiger partial charge in [-0.25, -0.2) is 8.42 Å². The van der Waals surface area contributed by atoms with Gasteiger partial charge in [-0.05, 0) is 50.9 Å². The normalized spacial score (nSPS) is 23.6. The molecule has 3 fully saturated rings. The highest BCUT2D eigenvalue weighted by atomic mass is 32.2. The quantitative estimate of drug-likeness (QED) is 0.432. The Morgan fingerprint density at radius 1 is 1.00 bits per heavy atom. The van der Waals surface area contributed by atoms with Crippen molar-refractivity contribution in [1.29, 1.82) is 0 Å². The Hall–Kier alpha value is -2.99. The molecule has 0 aliphatic carbocycles. The number of benzene rings is 1. The second-order valence-corrected chi connectivity index (χ2v) is 11.5. The van der Waals surface area contributed by atoms with Crippen molar-refractivity contribution in [3.8, 4) is 0 Å². The van der Waals surface area contributed by atoms with Crippen molar-refractivity contribution in [3.05, 3.63) is 30.3 Å². The first-order valence-electron chi connectivity index (χ1n) is 12.4. The van der Waals surface area contributed by atoms with Crippen LogP contribution < -0.4 is 16.0 Å². The van der Waals surface area contributed by atoms with Crippen molar-refractivity contribution in [2.45, 2.75) is 42.7 Å². The lowest BCUT2D eigenvalue weighted by Gasteiger charge is -2.42. The van der Waals surface area contributed by atoms with Crippen LogP contribution in [-0.4, -0.2) is 99.0 Å². The van der Waals surface area contributed by atoms with Crippen LogP contribution in [0.2, 0.25) is 0 Å². The van der Waals surface area contributed by atoms with Gasteiger partial charge in [0.15, 0.2) is 9.84 Å².